The number of hydrogen-bond donors (Lipinski definition) is 0. The Balaban J connectivity index is 1.49. The van der Waals surface area contributed by atoms with E-state index in [4.69, 9.17) is 4.74 Å². The maximum atomic E-state index is 14.9. The third-order valence-corrected chi connectivity index (χ3v) is 6.97. The Bertz CT molecular complexity index is 1160. The minimum atomic E-state index is -0.831. The summed E-state index contributed by atoms with van der Waals surface area (Å²) in [7, 11) is 2.16. The van der Waals surface area contributed by atoms with Crippen molar-refractivity contribution in [2.45, 2.75) is 51.5 Å². The summed E-state index contributed by atoms with van der Waals surface area (Å²) < 4.78 is 50.3. The lowest BCUT2D eigenvalue weighted by Crippen LogP contribution is -2.21. The molecule has 1 nitrogen and oxygen atoms in total. The van der Waals surface area contributed by atoms with E-state index in [9.17, 15) is 13.2 Å². The molecule has 35 heavy (non-hydrogen) atoms. The maximum absolute atomic E-state index is 14.9. The fraction of sp³-hybridized carbons (Fsp3) is 0.333. The summed E-state index contributed by atoms with van der Waals surface area (Å²) in [5.74, 6) is -1.33. The van der Waals surface area contributed by atoms with Gasteiger partial charge in [0.1, 0.15) is 13.7 Å². The van der Waals surface area contributed by atoms with Crippen LogP contribution in [0, 0.1) is 23.4 Å². The summed E-state index contributed by atoms with van der Waals surface area (Å²) in [4.78, 5) is 0. The van der Waals surface area contributed by atoms with Crippen LogP contribution in [0.5, 0.6) is 0 Å². The summed E-state index contributed by atoms with van der Waals surface area (Å²) in [5, 5.41) is 0. The largest absolute Gasteiger partial charge is 0.373 e. The van der Waals surface area contributed by atoms with Crippen LogP contribution in [0.3, 0.4) is 0 Å². The molecule has 1 aliphatic rings. The quantitative estimate of drug-likeness (QED) is 0.238. The van der Waals surface area contributed by atoms with Crippen LogP contribution in [0.25, 0.3) is 22.3 Å². The van der Waals surface area contributed by atoms with Crippen LogP contribution in [0.1, 0.15) is 49.8 Å². The van der Waals surface area contributed by atoms with E-state index in [1.54, 1.807) is 30.3 Å². The van der Waals surface area contributed by atoms with Gasteiger partial charge in [-0.3, -0.25) is 0 Å². The molecule has 0 bridgehead atoms. The molecule has 1 saturated heterocycles. The third kappa shape index (κ3) is 5.90. The standard InChI is InChI=1S/C30H32BF3O/c1-2-3-4-5-6-23-12-14-25(30(34)29(23)33)22-10-8-21(9-11-22)24-13-15-26(27(32)17-24)28-16-7-20(18-31)19-35-28/h3-4,8-15,17,20,28H,2,5-7,16,18-19,31H2,1H3/b4-3+. The van der Waals surface area contributed by atoms with Crippen LogP contribution in [0.2, 0.25) is 6.32 Å². The molecule has 1 aliphatic heterocycles. The molecule has 182 valence electrons. The van der Waals surface area contributed by atoms with Crippen molar-refractivity contribution < 1.29 is 17.9 Å². The van der Waals surface area contributed by atoms with Gasteiger partial charge in [0.05, 0.1) is 6.10 Å². The first-order valence-corrected chi connectivity index (χ1v) is 12.7. The molecule has 2 atom stereocenters. The first kappa shape index (κ1) is 25.3. The molecule has 0 aliphatic carbocycles. The lowest BCUT2D eigenvalue weighted by atomic mass is 9.85. The van der Waals surface area contributed by atoms with Crippen LogP contribution >= 0.6 is 0 Å². The van der Waals surface area contributed by atoms with Crippen LogP contribution in [0.4, 0.5) is 13.2 Å². The highest BCUT2D eigenvalue weighted by Gasteiger charge is 2.24. The number of rotatable bonds is 8. The van der Waals surface area contributed by atoms with Crippen molar-refractivity contribution >= 4 is 7.85 Å². The fourth-order valence-electron chi connectivity index (χ4n) is 4.71. The molecular formula is C30H32BF3O. The van der Waals surface area contributed by atoms with Gasteiger partial charge >= 0.3 is 0 Å². The molecule has 0 N–H and O–H groups in total. The van der Waals surface area contributed by atoms with E-state index in [0.717, 1.165) is 36.7 Å². The Morgan fingerprint density at radius 1 is 0.886 bits per heavy atom. The molecule has 1 fully saturated rings. The van der Waals surface area contributed by atoms with E-state index < -0.39 is 11.6 Å². The molecule has 5 heteroatoms. The van der Waals surface area contributed by atoms with Crippen LogP contribution in [0.15, 0.2) is 66.7 Å². The topological polar surface area (TPSA) is 9.23 Å². The van der Waals surface area contributed by atoms with Gasteiger partial charge < -0.3 is 4.74 Å². The molecule has 3 aromatic rings. The van der Waals surface area contributed by atoms with E-state index >= 15 is 0 Å². The van der Waals surface area contributed by atoms with Gasteiger partial charge in [-0.1, -0.05) is 73.9 Å². The van der Waals surface area contributed by atoms with Crippen molar-refractivity contribution in [1.82, 2.24) is 0 Å². The fourth-order valence-corrected chi connectivity index (χ4v) is 4.71. The van der Waals surface area contributed by atoms with Crippen molar-refractivity contribution in [3.8, 4) is 22.3 Å². The Labute approximate surface area is 207 Å². The lowest BCUT2D eigenvalue weighted by Gasteiger charge is -2.29. The highest BCUT2D eigenvalue weighted by molar-refractivity contribution is 6.08. The van der Waals surface area contributed by atoms with Gasteiger partial charge in [-0.2, -0.15) is 0 Å². The monoisotopic (exact) mass is 476 g/mol. The van der Waals surface area contributed by atoms with Crippen molar-refractivity contribution in [1.29, 1.82) is 0 Å². The predicted molar refractivity (Wildman–Crippen MR) is 140 cm³/mol. The minimum Gasteiger partial charge on any atom is -0.373 e. The number of benzene rings is 3. The zero-order chi connectivity index (χ0) is 24.8. The third-order valence-electron chi connectivity index (χ3n) is 6.97. The maximum Gasteiger partial charge on any atom is 0.166 e. The summed E-state index contributed by atoms with van der Waals surface area (Å²) in [6.45, 7) is 2.72. The first-order chi connectivity index (χ1) is 17.0. The molecule has 0 amide bonds. The highest BCUT2D eigenvalue weighted by Crippen LogP contribution is 2.35. The average Bonchev–Trinajstić information content (AvgIpc) is 2.89. The van der Waals surface area contributed by atoms with Crippen molar-refractivity contribution in [3.63, 3.8) is 0 Å². The molecular weight excluding hydrogens is 444 g/mol. The van der Waals surface area contributed by atoms with E-state index in [2.05, 4.69) is 7.85 Å². The first-order valence-electron chi connectivity index (χ1n) is 12.7. The second kappa shape index (κ2) is 11.8. The molecule has 1 heterocycles. The van der Waals surface area contributed by atoms with E-state index in [-0.39, 0.29) is 17.5 Å². The molecule has 2 unspecified atom stereocenters. The van der Waals surface area contributed by atoms with E-state index in [0.29, 0.717) is 42.1 Å². The van der Waals surface area contributed by atoms with Gasteiger partial charge in [0, 0.05) is 17.7 Å². The molecule has 0 radical (unpaired) electrons. The molecule has 0 aromatic heterocycles. The van der Waals surface area contributed by atoms with E-state index in [1.807, 2.05) is 37.3 Å². The summed E-state index contributed by atoms with van der Waals surface area (Å²) in [6, 6.07) is 15.6. The molecule has 0 spiro atoms. The van der Waals surface area contributed by atoms with Crippen LogP contribution < -0.4 is 0 Å². The predicted octanol–water partition coefficient (Wildman–Crippen LogP) is 7.86. The number of halogens is 3. The smallest absolute Gasteiger partial charge is 0.166 e. The van der Waals surface area contributed by atoms with Gasteiger partial charge in [-0.05, 0) is 66.3 Å². The Morgan fingerprint density at radius 2 is 1.63 bits per heavy atom. The Kier molecular flexibility index (Phi) is 8.51. The lowest BCUT2D eigenvalue weighted by molar-refractivity contribution is -0.0139. The zero-order valence-corrected chi connectivity index (χ0v) is 20.5. The summed E-state index contributed by atoms with van der Waals surface area (Å²) >= 11 is 0. The van der Waals surface area contributed by atoms with Crippen molar-refractivity contribution in [3.05, 3.63) is 95.3 Å². The number of aryl methyl sites for hydroxylation is 1. The van der Waals surface area contributed by atoms with Gasteiger partial charge in [0.2, 0.25) is 0 Å². The SMILES string of the molecule is BCC1CCC(c2ccc(-c3ccc(-c4ccc(CC/C=C/CC)c(F)c4F)cc3)cc2F)OC1. The number of allylic oxidation sites excluding steroid dienone is 2. The van der Waals surface area contributed by atoms with Crippen molar-refractivity contribution in [2.24, 2.45) is 5.92 Å². The van der Waals surface area contributed by atoms with Gasteiger partial charge in [-0.15, -0.1) is 0 Å². The highest BCUT2D eigenvalue weighted by atomic mass is 19.2. The van der Waals surface area contributed by atoms with Crippen LogP contribution in [-0.2, 0) is 11.2 Å². The van der Waals surface area contributed by atoms with Crippen molar-refractivity contribution in [2.75, 3.05) is 6.61 Å². The number of ether oxygens (including phenoxy) is 1. The molecule has 3 aromatic carbocycles. The second-order valence-corrected chi connectivity index (χ2v) is 9.31. The van der Waals surface area contributed by atoms with Gasteiger partial charge in [0.25, 0.3) is 0 Å². The normalized spacial score (nSPS) is 18.3. The average molecular weight is 476 g/mol. The zero-order valence-electron chi connectivity index (χ0n) is 20.5. The molecule has 0 saturated carbocycles. The second-order valence-electron chi connectivity index (χ2n) is 9.31. The van der Waals surface area contributed by atoms with E-state index in [1.165, 1.54) is 6.07 Å². The summed E-state index contributed by atoms with van der Waals surface area (Å²) in [6.07, 6.45) is 8.86. The number of hydrogen-bond acceptors (Lipinski definition) is 1. The summed E-state index contributed by atoms with van der Waals surface area (Å²) in [5.41, 5.74) is 3.34. The van der Waals surface area contributed by atoms with Crippen LogP contribution in [-0.4, -0.2) is 14.5 Å². The van der Waals surface area contributed by atoms with Gasteiger partial charge in [-0.25, -0.2) is 13.2 Å². The Hall–Kier alpha value is -2.79. The Morgan fingerprint density at radius 3 is 2.29 bits per heavy atom. The van der Waals surface area contributed by atoms with Gasteiger partial charge in [0.15, 0.2) is 11.6 Å². The minimum absolute atomic E-state index is 0.197. The molecule has 4 rings (SSSR count).